The van der Waals surface area contributed by atoms with Crippen molar-refractivity contribution >= 4 is 42.1 Å². The highest BCUT2D eigenvalue weighted by Gasteiger charge is 2.22. The Morgan fingerprint density at radius 3 is 3.04 bits per heavy atom. The second-order valence-electron chi connectivity index (χ2n) is 5.39. The van der Waals surface area contributed by atoms with Crippen LogP contribution in [0.2, 0.25) is 0 Å². The van der Waals surface area contributed by atoms with Crippen LogP contribution in [0.3, 0.4) is 0 Å². The summed E-state index contributed by atoms with van der Waals surface area (Å²) in [5, 5.41) is 9.31. The fourth-order valence-corrected chi connectivity index (χ4v) is 3.38. The van der Waals surface area contributed by atoms with Crippen molar-refractivity contribution < 1.29 is 9.21 Å². The first-order valence-electron chi connectivity index (χ1n) is 7.22. The maximum atomic E-state index is 12.1. The monoisotopic (exact) mass is 377 g/mol. The van der Waals surface area contributed by atoms with E-state index in [2.05, 4.69) is 22.5 Å². The highest BCUT2D eigenvalue weighted by Crippen LogP contribution is 2.24. The third kappa shape index (κ3) is 5.21. The second kappa shape index (κ2) is 9.27. The lowest BCUT2D eigenvalue weighted by molar-refractivity contribution is -0.121. The van der Waals surface area contributed by atoms with Crippen molar-refractivity contribution in [2.24, 2.45) is 0 Å². The number of rotatable bonds is 4. The first-order chi connectivity index (χ1) is 10.2. The predicted molar refractivity (Wildman–Crippen MR) is 96.6 cm³/mol. The summed E-state index contributed by atoms with van der Waals surface area (Å²) >= 11 is 1.53. The minimum Gasteiger partial charge on any atom is -0.472 e. The molecule has 8 heteroatoms. The van der Waals surface area contributed by atoms with Crippen molar-refractivity contribution in [3.05, 3.63) is 29.7 Å². The quantitative estimate of drug-likeness (QED) is 0.858. The fourth-order valence-electron chi connectivity index (χ4n) is 2.57. The summed E-state index contributed by atoms with van der Waals surface area (Å²) in [6.45, 7) is 3.15. The summed E-state index contributed by atoms with van der Waals surface area (Å²) in [4.78, 5) is 16.6. The van der Waals surface area contributed by atoms with Gasteiger partial charge in [-0.2, -0.15) is 0 Å². The smallest absolute Gasteiger partial charge is 0.226 e. The Morgan fingerprint density at radius 2 is 2.35 bits per heavy atom. The number of carbonyl (C=O) groups is 1. The van der Waals surface area contributed by atoms with Gasteiger partial charge in [-0.25, -0.2) is 4.98 Å². The molecule has 0 aliphatic carbocycles. The van der Waals surface area contributed by atoms with Crippen molar-refractivity contribution in [2.75, 3.05) is 6.54 Å². The zero-order chi connectivity index (χ0) is 14.7. The van der Waals surface area contributed by atoms with Gasteiger partial charge in [-0.15, -0.1) is 36.2 Å². The van der Waals surface area contributed by atoms with Crippen LogP contribution in [0.5, 0.6) is 0 Å². The average molecular weight is 378 g/mol. The number of furan rings is 1. The van der Waals surface area contributed by atoms with E-state index >= 15 is 0 Å². The van der Waals surface area contributed by atoms with E-state index in [0.717, 1.165) is 35.7 Å². The molecular formula is C15H21Cl2N3O2S. The maximum Gasteiger partial charge on any atom is 0.226 e. The van der Waals surface area contributed by atoms with Gasteiger partial charge in [0, 0.05) is 23.0 Å². The van der Waals surface area contributed by atoms with Crippen LogP contribution in [-0.2, 0) is 11.2 Å². The molecule has 1 fully saturated rings. The predicted octanol–water partition coefficient (Wildman–Crippen LogP) is 3.05. The Labute approximate surface area is 152 Å². The fraction of sp³-hybridized carbons (Fsp3) is 0.467. The maximum absolute atomic E-state index is 12.1. The number of nitrogens with one attached hydrogen (secondary N) is 2. The van der Waals surface area contributed by atoms with Crippen molar-refractivity contribution in [1.29, 1.82) is 0 Å². The molecule has 0 aromatic carbocycles. The Kier molecular flexibility index (Phi) is 8.05. The van der Waals surface area contributed by atoms with Gasteiger partial charge in [0.05, 0.1) is 18.4 Å². The van der Waals surface area contributed by atoms with Gasteiger partial charge in [0.2, 0.25) is 5.91 Å². The number of thiazole rings is 1. The molecule has 1 saturated heterocycles. The molecule has 0 saturated carbocycles. The normalized spacial score (nSPS) is 20.2. The van der Waals surface area contributed by atoms with E-state index in [9.17, 15) is 4.79 Å². The van der Waals surface area contributed by atoms with Gasteiger partial charge in [0.1, 0.15) is 11.3 Å². The molecule has 5 nitrogen and oxygen atoms in total. The lowest BCUT2D eigenvalue weighted by Crippen LogP contribution is -2.52. The molecule has 1 aliphatic rings. The van der Waals surface area contributed by atoms with E-state index in [1.54, 1.807) is 12.5 Å². The molecule has 0 spiro atoms. The van der Waals surface area contributed by atoms with Crippen molar-refractivity contribution in [3.63, 3.8) is 0 Å². The van der Waals surface area contributed by atoms with E-state index in [4.69, 9.17) is 4.42 Å². The van der Waals surface area contributed by atoms with E-state index in [0.29, 0.717) is 12.5 Å². The highest BCUT2D eigenvalue weighted by molar-refractivity contribution is 7.13. The summed E-state index contributed by atoms with van der Waals surface area (Å²) in [5.41, 5.74) is 1.77. The number of hydrogen-bond acceptors (Lipinski definition) is 5. The highest BCUT2D eigenvalue weighted by atomic mass is 35.5. The van der Waals surface area contributed by atoms with Crippen LogP contribution >= 0.6 is 36.2 Å². The molecule has 3 heterocycles. The second-order valence-corrected chi connectivity index (χ2v) is 6.25. The van der Waals surface area contributed by atoms with Crippen LogP contribution in [0.1, 0.15) is 25.5 Å². The van der Waals surface area contributed by atoms with Crippen molar-refractivity contribution in [2.45, 2.75) is 38.3 Å². The summed E-state index contributed by atoms with van der Waals surface area (Å²) in [7, 11) is 0. The van der Waals surface area contributed by atoms with Gasteiger partial charge in [0.15, 0.2) is 0 Å². The van der Waals surface area contributed by atoms with Gasteiger partial charge in [-0.1, -0.05) is 0 Å². The Morgan fingerprint density at radius 1 is 1.52 bits per heavy atom. The summed E-state index contributed by atoms with van der Waals surface area (Å²) in [6.07, 6.45) is 5.77. The zero-order valence-corrected chi connectivity index (χ0v) is 15.2. The van der Waals surface area contributed by atoms with Crippen LogP contribution in [0.4, 0.5) is 0 Å². The van der Waals surface area contributed by atoms with Crippen LogP contribution in [0, 0.1) is 0 Å². The lowest BCUT2D eigenvalue weighted by atomic mass is 10.00. The molecule has 1 aliphatic heterocycles. The Balaban J connectivity index is 0.00000132. The minimum absolute atomic E-state index is 0. The summed E-state index contributed by atoms with van der Waals surface area (Å²) < 4.78 is 5.05. The average Bonchev–Trinajstić information content (AvgIpc) is 3.12. The van der Waals surface area contributed by atoms with E-state index < -0.39 is 0 Å². The number of halogens is 2. The molecule has 0 radical (unpaired) electrons. The van der Waals surface area contributed by atoms with Crippen LogP contribution in [0.15, 0.2) is 28.4 Å². The van der Waals surface area contributed by atoms with Crippen molar-refractivity contribution in [1.82, 2.24) is 15.6 Å². The van der Waals surface area contributed by atoms with Crippen LogP contribution in [0.25, 0.3) is 10.6 Å². The summed E-state index contributed by atoms with van der Waals surface area (Å²) in [6, 6.07) is 2.43. The number of amides is 1. The molecule has 0 bridgehead atoms. The van der Waals surface area contributed by atoms with Gasteiger partial charge >= 0.3 is 0 Å². The number of piperidine rings is 1. The molecule has 2 atom stereocenters. The minimum atomic E-state index is 0. The Bertz CT molecular complexity index is 604. The standard InChI is InChI=1S/C15H19N3O2S.2ClH/c1-10-13(3-2-5-16-10)18-14(19)7-12-9-21-15(17-12)11-4-6-20-8-11;;/h4,6,8-10,13,16H,2-3,5,7H2,1H3,(H,18,19);2*1H. The van der Waals surface area contributed by atoms with Crippen molar-refractivity contribution in [3.8, 4) is 10.6 Å². The molecule has 128 valence electrons. The lowest BCUT2D eigenvalue weighted by Gasteiger charge is -2.30. The number of hydrogen-bond donors (Lipinski definition) is 2. The van der Waals surface area contributed by atoms with E-state index in [1.807, 2.05) is 11.4 Å². The molecule has 23 heavy (non-hydrogen) atoms. The van der Waals surface area contributed by atoms with E-state index in [1.165, 1.54) is 11.3 Å². The van der Waals surface area contributed by atoms with Crippen LogP contribution in [-0.4, -0.2) is 29.5 Å². The topological polar surface area (TPSA) is 67.2 Å². The number of carbonyl (C=O) groups excluding carboxylic acids is 1. The van der Waals surface area contributed by atoms with Gasteiger partial charge in [0.25, 0.3) is 0 Å². The molecule has 3 rings (SSSR count). The first-order valence-corrected chi connectivity index (χ1v) is 8.10. The molecule has 2 aromatic heterocycles. The first kappa shape index (κ1) is 20.0. The molecule has 2 aromatic rings. The third-order valence-electron chi connectivity index (χ3n) is 3.77. The van der Waals surface area contributed by atoms with E-state index in [-0.39, 0.29) is 36.8 Å². The summed E-state index contributed by atoms with van der Waals surface area (Å²) in [5.74, 6) is 0.0413. The SMILES string of the molecule is CC1NCCCC1NC(=O)Cc1csc(-c2ccoc2)n1.Cl.Cl. The van der Waals surface area contributed by atoms with Crippen LogP contribution < -0.4 is 10.6 Å². The molecule has 2 N–H and O–H groups in total. The molecular weight excluding hydrogens is 357 g/mol. The number of aromatic nitrogens is 1. The van der Waals surface area contributed by atoms with Gasteiger partial charge in [-0.05, 0) is 32.4 Å². The zero-order valence-electron chi connectivity index (χ0n) is 12.8. The molecule has 2 unspecified atom stereocenters. The third-order valence-corrected chi connectivity index (χ3v) is 4.71. The Hall–Kier alpha value is -1.08. The number of nitrogens with zero attached hydrogens (tertiary/aromatic N) is 1. The van der Waals surface area contributed by atoms with Gasteiger partial charge in [-0.3, -0.25) is 4.79 Å². The van der Waals surface area contributed by atoms with Gasteiger partial charge < -0.3 is 15.1 Å². The molecule has 1 amide bonds. The largest absolute Gasteiger partial charge is 0.472 e.